The molecular formula is C17H25FN2. The van der Waals surface area contributed by atoms with E-state index in [1.165, 1.54) is 25.7 Å². The Morgan fingerprint density at radius 2 is 2.05 bits per heavy atom. The molecule has 110 valence electrons. The molecule has 1 saturated heterocycles. The van der Waals surface area contributed by atoms with Gasteiger partial charge in [0.1, 0.15) is 5.82 Å². The van der Waals surface area contributed by atoms with Crippen LogP contribution in [0.4, 0.5) is 4.39 Å². The molecule has 2 aliphatic rings. The van der Waals surface area contributed by atoms with E-state index in [9.17, 15) is 4.39 Å². The molecule has 1 N–H and O–H groups in total. The fourth-order valence-corrected chi connectivity index (χ4v) is 3.23. The molecule has 0 bridgehead atoms. The number of rotatable bonds is 6. The second-order valence-electron chi connectivity index (χ2n) is 6.39. The first-order valence-electron chi connectivity index (χ1n) is 7.96. The Morgan fingerprint density at radius 3 is 2.70 bits per heavy atom. The highest BCUT2D eigenvalue weighted by molar-refractivity contribution is 5.21. The quantitative estimate of drug-likeness (QED) is 0.857. The number of hydrogen-bond acceptors (Lipinski definition) is 2. The summed E-state index contributed by atoms with van der Waals surface area (Å²) in [5, 5.41) is 3.57. The number of hydrogen-bond donors (Lipinski definition) is 1. The van der Waals surface area contributed by atoms with Crippen molar-refractivity contribution in [2.45, 2.75) is 44.7 Å². The highest BCUT2D eigenvalue weighted by Crippen LogP contribution is 2.33. The van der Waals surface area contributed by atoms with E-state index >= 15 is 0 Å². The topological polar surface area (TPSA) is 15.3 Å². The number of halogens is 1. The molecule has 1 aromatic carbocycles. The fourth-order valence-electron chi connectivity index (χ4n) is 3.23. The predicted octanol–water partition coefficient (Wildman–Crippen LogP) is 3.35. The highest BCUT2D eigenvalue weighted by atomic mass is 19.1. The summed E-state index contributed by atoms with van der Waals surface area (Å²) >= 11 is 0. The largest absolute Gasteiger partial charge is 0.313 e. The van der Waals surface area contributed by atoms with Crippen molar-refractivity contribution in [2.24, 2.45) is 5.92 Å². The molecule has 0 amide bonds. The van der Waals surface area contributed by atoms with E-state index in [1.807, 2.05) is 12.1 Å². The molecule has 1 saturated carbocycles. The number of nitrogens with zero attached hydrogens (tertiary/aromatic N) is 1. The minimum atomic E-state index is -0.0693. The van der Waals surface area contributed by atoms with E-state index in [0.29, 0.717) is 6.04 Å². The lowest BCUT2D eigenvalue weighted by Gasteiger charge is -2.32. The van der Waals surface area contributed by atoms with Crippen LogP contribution in [0.3, 0.4) is 0 Å². The summed E-state index contributed by atoms with van der Waals surface area (Å²) in [7, 11) is 0. The number of benzene rings is 1. The van der Waals surface area contributed by atoms with Gasteiger partial charge in [0.15, 0.2) is 0 Å². The first kappa shape index (κ1) is 14.0. The molecule has 1 aliphatic carbocycles. The second-order valence-corrected chi connectivity index (χ2v) is 6.39. The van der Waals surface area contributed by atoms with Crippen molar-refractivity contribution in [1.29, 1.82) is 0 Å². The third-order valence-electron chi connectivity index (χ3n) is 4.71. The van der Waals surface area contributed by atoms with Gasteiger partial charge in [-0.1, -0.05) is 18.2 Å². The van der Waals surface area contributed by atoms with Gasteiger partial charge in [-0.15, -0.1) is 0 Å². The van der Waals surface area contributed by atoms with Gasteiger partial charge in [0.2, 0.25) is 0 Å². The van der Waals surface area contributed by atoms with Crippen LogP contribution in [-0.4, -0.2) is 30.6 Å². The van der Waals surface area contributed by atoms with E-state index in [-0.39, 0.29) is 11.9 Å². The zero-order valence-corrected chi connectivity index (χ0v) is 12.3. The Kier molecular flexibility index (Phi) is 4.37. The van der Waals surface area contributed by atoms with E-state index in [1.54, 1.807) is 12.1 Å². The molecule has 0 aromatic heterocycles. The summed E-state index contributed by atoms with van der Waals surface area (Å²) in [5.41, 5.74) is 0.839. The van der Waals surface area contributed by atoms with Crippen LogP contribution < -0.4 is 5.32 Å². The molecule has 3 heteroatoms. The Balaban J connectivity index is 1.71. The summed E-state index contributed by atoms with van der Waals surface area (Å²) in [6, 6.07) is 7.98. The van der Waals surface area contributed by atoms with Gasteiger partial charge in [0, 0.05) is 30.7 Å². The maximum atomic E-state index is 14.0. The van der Waals surface area contributed by atoms with E-state index in [2.05, 4.69) is 17.1 Å². The van der Waals surface area contributed by atoms with E-state index in [4.69, 9.17) is 0 Å². The molecule has 2 atom stereocenters. The first-order valence-corrected chi connectivity index (χ1v) is 7.96. The van der Waals surface area contributed by atoms with Gasteiger partial charge >= 0.3 is 0 Å². The molecule has 1 aliphatic heterocycles. The summed E-state index contributed by atoms with van der Waals surface area (Å²) in [6.45, 7) is 5.45. The molecule has 0 radical (unpaired) electrons. The predicted molar refractivity (Wildman–Crippen MR) is 80.1 cm³/mol. The van der Waals surface area contributed by atoms with Crippen molar-refractivity contribution in [1.82, 2.24) is 10.2 Å². The van der Waals surface area contributed by atoms with Crippen molar-refractivity contribution in [2.75, 3.05) is 19.6 Å². The Labute approximate surface area is 121 Å². The minimum Gasteiger partial charge on any atom is -0.313 e. The van der Waals surface area contributed by atoms with Crippen molar-refractivity contribution < 1.29 is 4.39 Å². The minimum absolute atomic E-state index is 0.0693. The van der Waals surface area contributed by atoms with Crippen LogP contribution in [0, 0.1) is 11.7 Å². The van der Waals surface area contributed by atoms with Gasteiger partial charge < -0.3 is 5.32 Å². The van der Waals surface area contributed by atoms with Gasteiger partial charge in [-0.25, -0.2) is 4.39 Å². The van der Waals surface area contributed by atoms with Crippen LogP contribution in [0.1, 0.15) is 44.2 Å². The molecule has 2 nitrogen and oxygen atoms in total. The normalized spacial score (nSPS) is 24.2. The van der Waals surface area contributed by atoms with Crippen molar-refractivity contribution >= 4 is 0 Å². The molecular weight excluding hydrogens is 251 g/mol. The zero-order valence-electron chi connectivity index (χ0n) is 12.3. The van der Waals surface area contributed by atoms with Crippen LogP contribution in [0.25, 0.3) is 0 Å². The van der Waals surface area contributed by atoms with Crippen LogP contribution in [-0.2, 0) is 0 Å². The van der Waals surface area contributed by atoms with Gasteiger partial charge in [0.25, 0.3) is 0 Å². The SMILES string of the molecule is CC(c1ccccc1F)N(CC1CC1)CC1CCCN1. The van der Waals surface area contributed by atoms with E-state index < -0.39 is 0 Å². The average molecular weight is 276 g/mol. The molecule has 1 heterocycles. The maximum absolute atomic E-state index is 14.0. The molecule has 0 spiro atoms. The molecule has 2 fully saturated rings. The van der Waals surface area contributed by atoms with Crippen molar-refractivity contribution in [3.63, 3.8) is 0 Å². The lowest BCUT2D eigenvalue weighted by Crippen LogP contribution is -2.40. The van der Waals surface area contributed by atoms with Gasteiger partial charge in [-0.05, 0) is 51.1 Å². The first-order chi connectivity index (χ1) is 9.74. The monoisotopic (exact) mass is 276 g/mol. The molecule has 20 heavy (non-hydrogen) atoms. The smallest absolute Gasteiger partial charge is 0.127 e. The second kappa shape index (κ2) is 6.23. The van der Waals surface area contributed by atoms with Crippen molar-refractivity contribution in [3.8, 4) is 0 Å². The van der Waals surface area contributed by atoms with E-state index in [0.717, 1.165) is 31.1 Å². The fraction of sp³-hybridized carbons (Fsp3) is 0.647. The van der Waals surface area contributed by atoms with Gasteiger partial charge in [0.05, 0.1) is 0 Å². The Morgan fingerprint density at radius 1 is 1.25 bits per heavy atom. The van der Waals surface area contributed by atoms with Crippen molar-refractivity contribution in [3.05, 3.63) is 35.6 Å². The highest BCUT2D eigenvalue weighted by Gasteiger charge is 2.30. The third kappa shape index (κ3) is 3.39. The standard InChI is InChI=1S/C17H25FN2/c1-13(16-6-2-3-7-17(16)18)20(11-14-8-9-14)12-15-5-4-10-19-15/h2-3,6-7,13-15,19H,4-5,8-12H2,1H3. The zero-order chi connectivity index (χ0) is 13.9. The summed E-state index contributed by atoms with van der Waals surface area (Å²) in [5.74, 6) is 0.769. The van der Waals surface area contributed by atoms with Crippen LogP contribution in [0.15, 0.2) is 24.3 Å². The maximum Gasteiger partial charge on any atom is 0.127 e. The Bertz CT molecular complexity index is 438. The number of nitrogens with one attached hydrogen (secondary N) is 1. The molecule has 3 rings (SSSR count). The third-order valence-corrected chi connectivity index (χ3v) is 4.71. The van der Waals surface area contributed by atoms with Gasteiger partial charge in [-0.3, -0.25) is 4.90 Å². The lowest BCUT2D eigenvalue weighted by molar-refractivity contribution is 0.181. The van der Waals surface area contributed by atoms with Crippen LogP contribution >= 0.6 is 0 Å². The summed E-state index contributed by atoms with van der Waals surface area (Å²) in [6.07, 6.45) is 5.22. The van der Waals surface area contributed by atoms with Crippen LogP contribution in [0.5, 0.6) is 0 Å². The summed E-state index contributed by atoms with van der Waals surface area (Å²) < 4.78 is 14.0. The molecule has 2 unspecified atom stereocenters. The van der Waals surface area contributed by atoms with Crippen LogP contribution in [0.2, 0.25) is 0 Å². The lowest BCUT2D eigenvalue weighted by atomic mass is 10.0. The average Bonchev–Trinajstić information content (AvgIpc) is 3.11. The Hall–Kier alpha value is -0.930. The summed E-state index contributed by atoms with van der Waals surface area (Å²) in [4.78, 5) is 2.49. The molecule has 1 aromatic rings. The van der Waals surface area contributed by atoms with Gasteiger partial charge in [-0.2, -0.15) is 0 Å².